The van der Waals surface area contributed by atoms with Gasteiger partial charge in [0.1, 0.15) is 0 Å². The third kappa shape index (κ3) is 5.89. The maximum absolute atomic E-state index is 2.63. The Hall–Kier alpha value is -4.04. The van der Waals surface area contributed by atoms with E-state index in [1.807, 2.05) is 0 Å². The number of rotatable bonds is 4. The van der Waals surface area contributed by atoms with Crippen molar-refractivity contribution in [1.29, 1.82) is 0 Å². The molecular formula is C50H42Cl2SiZr. The average Bonchev–Trinajstić information content (AvgIpc) is 3.68. The van der Waals surface area contributed by atoms with Crippen LogP contribution in [0.4, 0.5) is 0 Å². The summed E-state index contributed by atoms with van der Waals surface area (Å²) in [5, 5.41) is 10.5. The molecule has 0 saturated heterocycles. The molecule has 0 saturated carbocycles. The summed E-state index contributed by atoms with van der Waals surface area (Å²) in [6.45, 7) is 10.2. The van der Waals surface area contributed by atoms with E-state index in [1.54, 1.807) is 22.3 Å². The van der Waals surface area contributed by atoms with Gasteiger partial charge >= 0.3 is 316 Å². The van der Waals surface area contributed by atoms with Crippen molar-refractivity contribution in [2.24, 2.45) is 0 Å². The number of hydrogen-bond acceptors (Lipinski definition) is 0. The van der Waals surface area contributed by atoms with E-state index in [0.717, 1.165) is 0 Å². The van der Waals surface area contributed by atoms with Crippen molar-refractivity contribution in [2.45, 2.75) is 34.2 Å². The van der Waals surface area contributed by atoms with Gasteiger partial charge in [0.15, 0.2) is 0 Å². The van der Waals surface area contributed by atoms with Crippen molar-refractivity contribution in [3.8, 4) is 22.3 Å². The Morgan fingerprint density at radius 2 is 0.759 bits per heavy atom. The van der Waals surface area contributed by atoms with Gasteiger partial charge in [0, 0.05) is 0 Å². The summed E-state index contributed by atoms with van der Waals surface area (Å²) in [6.07, 6.45) is 5.15. The minimum absolute atomic E-state index is 0. The average molecular weight is 833 g/mol. The third-order valence-corrected chi connectivity index (χ3v) is 31.7. The van der Waals surface area contributed by atoms with Crippen molar-refractivity contribution < 1.29 is 20.4 Å². The van der Waals surface area contributed by atoms with Crippen molar-refractivity contribution in [2.75, 3.05) is 0 Å². The Morgan fingerprint density at radius 3 is 1.17 bits per heavy atom. The number of fused-ring (bicyclic) bond motifs is 6. The van der Waals surface area contributed by atoms with Gasteiger partial charge in [-0.05, 0) is 0 Å². The van der Waals surface area contributed by atoms with E-state index in [-0.39, 0.29) is 24.8 Å². The molecule has 8 aromatic carbocycles. The van der Waals surface area contributed by atoms with Crippen molar-refractivity contribution in [3.05, 3.63) is 179 Å². The normalized spacial score (nSPS) is 15.7. The van der Waals surface area contributed by atoms with Gasteiger partial charge in [0.05, 0.1) is 0 Å². The Labute approximate surface area is 338 Å². The second-order valence-corrected chi connectivity index (χ2v) is 33.0. The van der Waals surface area contributed by atoms with E-state index in [4.69, 9.17) is 0 Å². The van der Waals surface area contributed by atoms with E-state index in [9.17, 15) is 0 Å². The third-order valence-electron chi connectivity index (χ3n) is 11.8. The molecule has 0 radical (unpaired) electrons. The molecule has 2 aliphatic rings. The summed E-state index contributed by atoms with van der Waals surface area (Å²) in [4.78, 5) is 0. The molecule has 0 N–H and O–H groups in total. The van der Waals surface area contributed by atoms with Crippen LogP contribution >= 0.6 is 24.8 Å². The van der Waals surface area contributed by atoms with Gasteiger partial charge in [-0.3, -0.25) is 0 Å². The molecule has 2 atom stereocenters. The topological polar surface area (TPSA) is 0 Å². The fraction of sp³-hybridized carbons (Fsp3) is 0.120. The molecule has 264 valence electrons. The van der Waals surface area contributed by atoms with Gasteiger partial charge < -0.3 is 0 Å². The summed E-state index contributed by atoms with van der Waals surface area (Å²) >= 11 is -2.25. The van der Waals surface area contributed by atoms with Crippen LogP contribution in [0.3, 0.4) is 0 Å². The van der Waals surface area contributed by atoms with Gasteiger partial charge in [0.25, 0.3) is 0 Å². The first-order valence-corrected chi connectivity index (χ1v) is 27.6. The first-order valence-electron chi connectivity index (χ1n) is 18.6. The molecule has 8 aromatic rings. The quantitative estimate of drug-likeness (QED) is 0.122. The summed E-state index contributed by atoms with van der Waals surface area (Å²) in [5.41, 5.74) is 14.2. The van der Waals surface area contributed by atoms with E-state index in [2.05, 4.69) is 185 Å². The molecule has 0 heterocycles. The van der Waals surface area contributed by atoms with Gasteiger partial charge in [-0.25, -0.2) is 0 Å². The van der Waals surface area contributed by atoms with Crippen molar-refractivity contribution in [3.63, 3.8) is 0 Å². The fourth-order valence-electron chi connectivity index (χ4n) is 9.55. The Bertz CT molecular complexity index is 2720. The Morgan fingerprint density at radius 1 is 0.407 bits per heavy atom. The maximum Gasteiger partial charge on any atom is -0.147 e. The van der Waals surface area contributed by atoms with Gasteiger partial charge in [-0.15, -0.1) is 24.8 Å². The predicted molar refractivity (Wildman–Crippen MR) is 239 cm³/mol. The van der Waals surface area contributed by atoms with E-state index in [0.29, 0.717) is 7.25 Å². The Kier molecular flexibility index (Phi) is 9.95. The molecule has 10 rings (SSSR count). The van der Waals surface area contributed by atoms with Crippen LogP contribution in [0.25, 0.3) is 77.5 Å². The molecule has 0 amide bonds. The summed E-state index contributed by atoms with van der Waals surface area (Å²) < 4.78 is 1.17. The molecule has 54 heavy (non-hydrogen) atoms. The first kappa shape index (κ1) is 36.9. The summed E-state index contributed by atoms with van der Waals surface area (Å²) in [5.74, 6) is 0. The van der Waals surface area contributed by atoms with Gasteiger partial charge in [-0.1, -0.05) is 0 Å². The first-order chi connectivity index (χ1) is 25.4. The number of hydrogen-bond donors (Lipinski definition) is 0. The second kappa shape index (κ2) is 14.6. The van der Waals surface area contributed by atoms with E-state index < -0.39 is 25.8 Å². The van der Waals surface area contributed by atoms with Crippen LogP contribution in [-0.4, -0.2) is 5.43 Å². The molecule has 0 bridgehead atoms. The largest absolute Gasteiger partial charge is 0.147 e. The molecule has 4 heteroatoms. The van der Waals surface area contributed by atoms with Crippen molar-refractivity contribution >= 4 is 85.5 Å². The van der Waals surface area contributed by atoms with Gasteiger partial charge in [0.2, 0.25) is 0 Å². The zero-order valence-corrected chi connectivity index (χ0v) is 36.1. The maximum atomic E-state index is 2.63. The predicted octanol–water partition coefficient (Wildman–Crippen LogP) is 15.0. The van der Waals surface area contributed by atoms with Crippen molar-refractivity contribution in [1.82, 2.24) is 0 Å². The minimum atomic E-state index is -2.25. The molecule has 0 aromatic heterocycles. The Balaban J connectivity index is 0.00000207. The minimum Gasteiger partial charge on any atom is -0.147 e. The number of allylic oxidation sites excluding steroid dienone is 2. The number of benzene rings is 8. The summed E-state index contributed by atoms with van der Waals surface area (Å²) in [6, 6.07) is 55.2. The zero-order valence-electron chi connectivity index (χ0n) is 31.0. The molecule has 0 spiro atoms. The molecular weight excluding hydrogens is 791 g/mol. The summed E-state index contributed by atoms with van der Waals surface area (Å²) in [7, 11) is 0. The van der Waals surface area contributed by atoms with E-state index >= 15 is 0 Å². The molecule has 0 aliphatic heterocycles. The fourth-order valence-corrected chi connectivity index (χ4v) is 30.3. The second-order valence-electron chi connectivity index (χ2n) is 15.2. The van der Waals surface area contributed by atoms with Crippen LogP contribution in [0.15, 0.2) is 157 Å². The van der Waals surface area contributed by atoms with E-state index in [1.165, 1.54) is 76.5 Å². The molecule has 2 unspecified atom stereocenters. The van der Waals surface area contributed by atoms with Crippen LogP contribution in [0.1, 0.15) is 43.4 Å². The van der Waals surface area contributed by atoms with Crippen LogP contribution in [0, 0.1) is 0 Å². The SMILES string of the molecule is CC1=Cc2c(-c3cccc4cc5ccccc5cc34)cccc2[CH]1[Zr]([CH]1C(C)=Cc2c(-c3cccc4cc5ccccc5cc34)cccc21)=[Si](C)C.Cl.Cl. The number of halogens is 2. The molecule has 0 nitrogen and oxygen atoms in total. The van der Waals surface area contributed by atoms with Crippen LogP contribution in [-0.2, 0) is 20.4 Å². The smallest absolute Gasteiger partial charge is 0.147 e. The van der Waals surface area contributed by atoms with Gasteiger partial charge in [-0.2, -0.15) is 0 Å². The molecule has 2 aliphatic carbocycles. The van der Waals surface area contributed by atoms with Crippen LogP contribution < -0.4 is 0 Å². The van der Waals surface area contributed by atoms with Crippen LogP contribution in [0.5, 0.6) is 0 Å². The molecule has 0 fully saturated rings. The monoisotopic (exact) mass is 830 g/mol. The van der Waals surface area contributed by atoms with Crippen LogP contribution in [0.2, 0.25) is 13.1 Å². The standard InChI is InChI=1S/2C24H17.C2H6Si.2ClH.Zr/c2*1-16-12-19-8-4-10-21(23(19)13-16)22-11-5-9-20-14-17-6-2-3-7-18(17)15-24(20)22;1-3-2;;;/h2*2-15H,1H3;1-2H3;2*1H;. The zero-order chi connectivity index (χ0) is 35.1.